The minimum absolute atomic E-state index is 0.101. The van der Waals surface area contributed by atoms with Crippen molar-refractivity contribution in [3.05, 3.63) is 0 Å². The molecule has 0 heterocycles. The molecule has 1 saturated carbocycles. The summed E-state index contributed by atoms with van der Waals surface area (Å²) in [6, 6.07) is 0. The highest BCUT2D eigenvalue weighted by Crippen LogP contribution is 2.63. The van der Waals surface area contributed by atoms with E-state index < -0.39 is 3.79 Å². The largest absolute Gasteiger partial charge is 0.466 e. The van der Waals surface area contributed by atoms with Crippen LogP contribution in [0.25, 0.3) is 0 Å². The van der Waals surface area contributed by atoms with E-state index in [2.05, 4.69) is 0 Å². The van der Waals surface area contributed by atoms with Crippen molar-refractivity contribution < 1.29 is 9.53 Å². The van der Waals surface area contributed by atoms with Crippen molar-refractivity contribution in [3.63, 3.8) is 0 Å². The highest BCUT2D eigenvalue weighted by Gasteiger charge is 2.63. The Morgan fingerprint density at radius 3 is 2.33 bits per heavy atom. The molecule has 0 N–H and O–H groups in total. The summed E-state index contributed by atoms with van der Waals surface area (Å²) in [5.74, 6) is -0.209. The maximum atomic E-state index is 11.6. The fraction of sp³-hybridized carbons (Fsp3) is 0.900. The second-order valence-electron chi connectivity index (χ2n) is 4.48. The Hall–Kier alpha value is 0.340. The van der Waals surface area contributed by atoms with E-state index in [-0.39, 0.29) is 23.2 Å². The average Bonchev–Trinajstić information content (AvgIpc) is 2.50. The van der Waals surface area contributed by atoms with Gasteiger partial charge in [0.2, 0.25) is 0 Å². The molecule has 0 aromatic rings. The summed E-state index contributed by atoms with van der Waals surface area (Å²) in [4.78, 5) is 11.6. The van der Waals surface area contributed by atoms with Crippen LogP contribution in [0.2, 0.25) is 0 Å². The molecule has 1 fully saturated rings. The average molecular weight is 274 g/mol. The van der Waals surface area contributed by atoms with Crippen LogP contribution in [0.1, 0.15) is 27.2 Å². The van der Waals surface area contributed by atoms with E-state index >= 15 is 0 Å². The van der Waals surface area contributed by atoms with Crippen LogP contribution >= 0.6 is 34.8 Å². The fourth-order valence-corrected chi connectivity index (χ4v) is 2.57. The highest BCUT2D eigenvalue weighted by molar-refractivity contribution is 6.67. The van der Waals surface area contributed by atoms with Gasteiger partial charge in [-0.2, -0.15) is 0 Å². The molecule has 1 aliphatic carbocycles. The molecule has 1 aliphatic rings. The van der Waals surface area contributed by atoms with Crippen LogP contribution < -0.4 is 0 Å². The predicted octanol–water partition coefficient (Wildman–Crippen LogP) is 3.58. The van der Waals surface area contributed by atoms with Crippen molar-refractivity contribution in [2.45, 2.75) is 31.0 Å². The molecular formula is C10H15Cl3O2. The van der Waals surface area contributed by atoms with Crippen molar-refractivity contribution in [1.82, 2.24) is 0 Å². The quantitative estimate of drug-likeness (QED) is 0.580. The van der Waals surface area contributed by atoms with Crippen molar-refractivity contribution >= 4 is 40.8 Å². The van der Waals surface area contributed by atoms with Crippen LogP contribution in [0.3, 0.4) is 0 Å². The molecule has 1 rings (SSSR count). The third-order valence-electron chi connectivity index (χ3n) is 3.04. The molecule has 2 nitrogen and oxygen atoms in total. The van der Waals surface area contributed by atoms with E-state index in [9.17, 15) is 4.79 Å². The fourth-order valence-electron chi connectivity index (χ4n) is 2.07. The van der Waals surface area contributed by atoms with Crippen molar-refractivity contribution in [2.24, 2.45) is 17.3 Å². The molecular weight excluding hydrogens is 258 g/mol. The maximum absolute atomic E-state index is 11.6. The lowest BCUT2D eigenvalue weighted by atomic mass is 10.1. The Morgan fingerprint density at radius 2 is 1.93 bits per heavy atom. The lowest BCUT2D eigenvalue weighted by molar-refractivity contribution is -0.145. The van der Waals surface area contributed by atoms with Gasteiger partial charge in [-0.1, -0.05) is 48.7 Å². The van der Waals surface area contributed by atoms with Gasteiger partial charge in [0.15, 0.2) is 3.79 Å². The van der Waals surface area contributed by atoms with E-state index in [0.717, 1.165) is 0 Å². The zero-order valence-corrected chi connectivity index (χ0v) is 11.3. The summed E-state index contributed by atoms with van der Waals surface area (Å²) < 4.78 is 3.69. The maximum Gasteiger partial charge on any atom is 0.309 e. The Morgan fingerprint density at radius 1 is 1.40 bits per heavy atom. The lowest BCUT2D eigenvalue weighted by Gasteiger charge is -2.10. The van der Waals surface area contributed by atoms with Crippen LogP contribution in [0.4, 0.5) is 0 Å². The number of carbonyl (C=O) groups excluding carboxylic acids is 1. The van der Waals surface area contributed by atoms with Crippen LogP contribution in [-0.2, 0) is 9.53 Å². The third kappa shape index (κ3) is 3.15. The van der Waals surface area contributed by atoms with Gasteiger partial charge < -0.3 is 4.74 Å². The van der Waals surface area contributed by atoms with Crippen LogP contribution in [0.15, 0.2) is 0 Å². The summed E-state index contributed by atoms with van der Waals surface area (Å²) >= 11 is 17.2. The Kier molecular flexibility index (Phi) is 3.85. The van der Waals surface area contributed by atoms with Gasteiger partial charge in [0.1, 0.15) is 0 Å². The van der Waals surface area contributed by atoms with E-state index in [1.807, 2.05) is 13.8 Å². The molecule has 0 radical (unpaired) electrons. The first-order valence-corrected chi connectivity index (χ1v) is 6.07. The number of esters is 1. The van der Waals surface area contributed by atoms with Gasteiger partial charge in [0.25, 0.3) is 0 Å². The highest BCUT2D eigenvalue weighted by atomic mass is 35.6. The van der Waals surface area contributed by atoms with E-state index in [0.29, 0.717) is 13.0 Å². The molecule has 0 spiro atoms. The van der Waals surface area contributed by atoms with Crippen molar-refractivity contribution in [1.29, 1.82) is 0 Å². The first-order chi connectivity index (χ1) is 6.70. The number of halogens is 3. The van der Waals surface area contributed by atoms with Gasteiger partial charge in [-0.3, -0.25) is 4.79 Å². The first kappa shape index (κ1) is 13.4. The molecule has 15 heavy (non-hydrogen) atoms. The summed E-state index contributed by atoms with van der Waals surface area (Å²) in [6.45, 7) is 6.18. The van der Waals surface area contributed by atoms with Crippen LogP contribution in [0, 0.1) is 17.3 Å². The van der Waals surface area contributed by atoms with E-state index in [4.69, 9.17) is 39.5 Å². The predicted molar refractivity (Wildman–Crippen MR) is 62.3 cm³/mol. The van der Waals surface area contributed by atoms with Crippen LogP contribution in [-0.4, -0.2) is 16.4 Å². The molecule has 0 saturated heterocycles. The number of rotatable bonds is 3. The van der Waals surface area contributed by atoms with Crippen LogP contribution in [0.5, 0.6) is 0 Å². The molecule has 2 atom stereocenters. The van der Waals surface area contributed by atoms with E-state index in [1.165, 1.54) is 0 Å². The summed E-state index contributed by atoms with van der Waals surface area (Å²) in [7, 11) is 0. The van der Waals surface area contributed by atoms with Gasteiger partial charge in [-0.25, -0.2) is 0 Å². The molecule has 0 aromatic carbocycles. The monoisotopic (exact) mass is 272 g/mol. The summed E-state index contributed by atoms with van der Waals surface area (Å²) in [6.07, 6.45) is 0.397. The number of ether oxygens (including phenoxy) is 1. The molecule has 88 valence electrons. The van der Waals surface area contributed by atoms with Gasteiger partial charge in [0.05, 0.1) is 12.5 Å². The first-order valence-electron chi connectivity index (χ1n) is 4.93. The molecule has 0 amide bonds. The second kappa shape index (κ2) is 4.31. The number of hydrogen-bond acceptors (Lipinski definition) is 2. The molecule has 0 aromatic heterocycles. The van der Waals surface area contributed by atoms with Gasteiger partial charge in [-0.05, 0) is 24.7 Å². The lowest BCUT2D eigenvalue weighted by Crippen LogP contribution is -2.11. The topological polar surface area (TPSA) is 26.3 Å². The molecule has 5 heteroatoms. The zero-order chi connectivity index (χ0) is 11.9. The van der Waals surface area contributed by atoms with Crippen molar-refractivity contribution in [3.8, 4) is 0 Å². The Bertz CT molecular complexity index is 258. The zero-order valence-electron chi connectivity index (χ0n) is 9.02. The second-order valence-corrected chi connectivity index (χ2v) is 6.99. The smallest absolute Gasteiger partial charge is 0.309 e. The molecule has 0 aliphatic heterocycles. The van der Waals surface area contributed by atoms with E-state index in [1.54, 1.807) is 6.92 Å². The summed E-state index contributed by atoms with van der Waals surface area (Å²) in [5, 5.41) is 0. The minimum atomic E-state index is -1.29. The SMILES string of the molecule is CCOC(=O)[C@@H]1[C@@H](CC(Cl)(Cl)Cl)C1(C)C. The van der Waals surface area contributed by atoms with Gasteiger partial charge in [-0.15, -0.1) is 0 Å². The normalized spacial score (nSPS) is 28.7. The number of carbonyl (C=O) groups is 1. The standard InChI is InChI=1S/C10H15Cl3O2/c1-4-15-8(14)7-6(9(7,2)3)5-10(11,12)13/h6-7H,4-5H2,1-3H3/t6-,7+/m1/s1. The minimum Gasteiger partial charge on any atom is -0.466 e. The van der Waals surface area contributed by atoms with Gasteiger partial charge in [0, 0.05) is 0 Å². The molecule has 0 bridgehead atoms. The number of alkyl halides is 3. The molecule has 0 unspecified atom stereocenters. The van der Waals surface area contributed by atoms with Gasteiger partial charge >= 0.3 is 5.97 Å². The third-order valence-corrected chi connectivity index (χ3v) is 3.51. The number of hydrogen-bond donors (Lipinski definition) is 0. The summed E-state index contributed by atoms with van der Waals surface area (Å²) in [5.41, 5.74) is -0.115. The Labute approximate surface area is 105 Å². The Balaban J connectivity index is 2.59. The van der Waals surface area contributed by atoms with Crippen molar-refractivity contribution in [2.75, 3.05) is 6.61 Å².